The lowest BCUT2D eigenvalue weighted by atomic mass is 9.99. The van der Waals surface area contributed by atoms with E-state index in [1.807, 2.05) is 35.2 Å². The van der Waals surface area contributed by atoms with Gasteiger partial charge in [0.25, 0.3) is 11.5 Å². The smallest absolute Gasteiger partial charge is 0.274 e. The Morgan fingerprint density at radius 2 is 1.83 bits per heavy atom. The van der Waals surface area contributed by atoms with Crippen molar-refractivity contribution in [1.29, 1.82) is 0 Å². The molecular weight excluding hydrogens is 366 g/mol. The van der Waals surface area contributed by atoms with E-state index in [0.29, 0.717) is 24.3 Å². The van der Waals surface area contributed by atoms with Crippen molar-refractivity contribution in [2.45, 2.75) is 39.0 Å². The molecule has 0 aliphatic carbocycles. The van der Waals surface area contributed by atoms with E-state index in [2.05, 4.69) is 12.2 Å². The number of piperidine rings is 1. The average molecular weight is 396 g/mol. The molecule has 29 heavy (non-hydrogen) atoms. The lowest BCUT2D eigenvalue weighted by molar-refractivity contribution is -0.116. The Bertz CT molecular complexity index is 913. The molecule has 1 aromatic carbocycles. The number of likely N-dealkylation sites (tertiary alicyclic amines) is 1. The van der Waals surface area contributed by atoms with Gasteiger partial charge in [-0.3, -0.25) is 14.4 Å². The number of nitrogens with one attached hydrogen (secondary N) is 1. The van der Waals surface area contributed by atoms with Gasteiger partial charge < -0.3 is 14.8 Å². The van der Waals surface area contributed by atoms with Crippen molar-refractivity contribution in [2.75, 3.05) is 18.4 Å². The topological polar surface area (TPSA) is 71.4 Å². The fourth-order valence-electron chi connectivity index (χ4n) is 3.62. The maximum atomic E-state index is 12.8. The minimum atomic E-state index is -0.315. The third-order valence-corrected chi connectivity index (χ3v) is 5.49. The lowest BCUT2D eigenvalue weighted by Gasteiger charge is -2.30. The summed E-state index contributed by atoms with van der Waals surface area (Å²) in [5.41, 5.74) is 1.46. The summed E-state index contributed by atoms with van der Waals surface area (Å²) in [6.07, 6.45) is 5.35. The van der Waals surface area contributed by atoms with Gasteiger partial charge in [-0.15, -0.1) is 0 Å². The molecule has 1 aliphatic rings. The van der Waals surface area contributed by atoms with Crippen LogP contribution in [0.5, 0.6) is 0 Å². The predicted octanol–water partition coefficient (Wildman–Crippen LogP) is 3.22. The van der Waals surface area contributed by atoms with Crippen LogP contribution in [0, 0.1) is 5.92 Å². The van der Waals surface area contributed by atoms with Crippen LogP contribution in [0.15, 0.2) is 47.4 Å². The minimum absolute atomic E-state index is 0.0907. The van der Waals surface area contributed by atoms with Gasteiger partial charge >= 0.3 is 0 Å². The molecule has 2 aromatic rings. The number of hydrogen-bond donors (Lipinski definition) is 1. The quantitative estimate of drug-likeness (QED) is 0.816. The lowest BCUT2D eigenvalue weighted by Crippen LogP contribution is -2.38. The van der Waals surface area contributed by atoms with Crippen LogP contribution >= 0.6 is 0 Å². The van der Waals surface area contributed by atoms with E-state index in [9.17, 15) is 14.4 Å². The highest BCUT2D eigenvalue weighted by molar-refractivity contribution is 5.96. The first kappa shape index (κ1) is 20.8. The number of carbonyl (C=O) groups is 2. The number of aryl methyl sites for hydroxylation is 2. The summed E-state index contributed by atoms with van der Waals surface area (Å²) in [6, 6.07) is 11.5. The first-order valence-corrected chi connectivity index (χ1v) is 10.3. The van der Waals surface area contributed by atoms with Crippen molar-refractivity contribution in [3.05, 3.63) is 64.1 Å². The number of benzene rings is 1. The molecule has 1 saturated heterocycles. The van der Waals surface area contributed by atoms with Crippen LogP contribution in [0.3, 0.4) is 0 Å². The van der Waals surface area contributed by atoms with Crippen LogP contribution in [0.1, 0.15) is 48.5 Å². The van der Waals surface area contributed by atoms with Gasteiger partial charge in [0.2, 0.25) is 5.91 Å². The molecule has 0 radical (unpaired) electrons. The van der Waals surface area contributed by atoms with E-state index in [0.717, 1.165) is 32.4 Å². The van der Waals surface area contributed by atoms with Gasteiger partial charge in [-0.05, 0) is 43.2 Å². The van der Waals surface area contributed by atoms with Gasteiger partial charge in [0.15, 0.2) is 0 Å². The van der Waals surface area contributed by atoms with E-state index < -0.39 is 0 Å². The molecule has 1 fully saturated rings. The number of pyridine rings is 1. The molecule has 1 aromatic heterocycles. The molecule has 0 spiro atoms. The molecule has 0 atom stereocenters. The number of hydrogen-bond acceptors (Lipinski definition) is 3. The molecule has 0 unspecified atom stereocenters. The van der Waals surface area contributed by atoms with Crippen molar-refractivity contribution in [3.63, 3.8) is 0 Å². The number of carbonyl (C=O) groups excluding carboxylic acids is 2. The summed E-state index contributed by atoms with van der Waals surface area (Å²) in [5, 5.41) is 2.70. The van der Waals surface area contributed by atoms with Gasteiger partial charge in [-0.1, -0.05) is 37.3 Å². The standard InChI is InChI=1S/C23H29N3O3/c1-17-11-13-26(14-12-17)22(28)19-15-20(23(29)25(2)16-19)24-21(27)10-6-9-18-7-4-3-5-8-18/h3-5,7-8,15-17H,6,9-14H2,1-2H3,(H,24,27). The van der Waals surface area contributed by atoms with Crippen molar-refractivity contribution in [3.8, 4) is 0 Å². The van der Waals surface area contributed by atoms with Crippen LogP contribution < -0.4 is 10.9 Å². The molecule has 154 valence electrons. The molecule has 6 heteroatoms. The largest absolute Gasteiger partial charge is 0.339 e. The number of rotatable bonds is 6. The Balaban J connectivity index is 1.63. The van der Waals surface area contributed by atoms with Gasteiger partial charge in [0, 0.05) is 32.8 Å². The van der Waals surface area contributed by atoms with E-state index in [1.54, 1.807) is 13.2 Å². The van der Waals surface area contributed by atoms with E-state index in [1.165, 1.54) is 16.2 Å². The number of amides is 2. The summed E-state index contributed by atoms with van der Waals surface area (Å²) in [7, 11) is 1.60. The molecule has 3 rings (SSSR count). The van der Waals surface area contributed by atoms with Crippen molar-refractivity contribution in [2.24, 2.45) is 13.0 Å². The van der Waals surface area contributed by atoms with Gasteiger partial charge in [-0.2, -0.15) is 0 Å². The maximum absolute atomic E-state index is 12.8. The van der Waals surface area contributed by atoms with Crippen molar-refractivity contribution < 1.29 is 9.59 Å². The highest BCUT2D eigenvalue weighted by atomic mass is 16.2. The summed E-state index contributed by atoms with van der Waals surface area (Å²) in [6.45, 7) is 3.65. The fraction of sp³-hybridized carbons (Fsp3) is 0.435. The van der Waals surface area contributed by atoms with Crippen LogP contribution in [-0.4, -0.2) is 34.4 Å². The Hall–Kier alpha value is -2.89. The van der Waals surface area contributed by atoms with Crippen LogP contribution in [0.4, 0.5) is 5.69 Å². The van der Waals surface area contributed by atoms with Crippen molar-refractivity contribution in [1.82, 2.24) is 9.47 Å². The Labute approximate surface area is 171 Å². The Morgan fingerprint density at radius 3 is 2.52 bits per heavy atom. The number of anilines is 1. The summed E-state index contributed by atoms with van der Waals surface area (Å²) in [4.78, 5) is 39.4. The Morgan fingerprint density at radius 1 is 1.14 bits per heavy atom. The fourth-order valence-corrected chi connectivity index (χ4v) is 3.62. The molecule has 0 saturated carbocycles. The second-order valence-electron chi connectivity index (χ2n) is 7.92. The number of nitrogens with zero attached hydrogens (tertiary/aromatic N) is 2. The number of aromatic nitrogens is 1. The zero-order valence-corrected chi connectivity index (χ0v) is 17.2. The zero-order valence-electron chi connectivity index (χ0n) is 17.2. The van der Waals surface area contributed by atoms with Gasteiger partial charge in [0.1, 0.15) is 5.69 Å². The first-order valence-electron chi connectivity index (χ1n) is 10.3. The molecule has 2 amide bonds. The highest BCUT2D eigenvalue weighted by Crippen LogP contribution is 2.19. The third-order valence-electron chi connectivity index (χ3n) is 5.49. The molecule has 1 aliphatic heterocycles. The average Bonchev–Trinajstić information content (AvgIpc) is 2.72. The third kappa shape index (κ3) is 5.56. The minimum Gasteiger partial charge on any atom is -0.339 e. The normalized spacial score (nSPS) is 14.6. The van der Waals surface area contributed by atoms with E-state index in [4.69, 9.17) is 0 Å². The highest BCUT2D eigenvalue weighted by Gasteiger charge is 2.22. The first-order chi connectivity index (χ1) is 13.9. The van der Waals surface area contributed by atoms with Gasteiger partial charge in [-0.25, -0.2) is 0 Å². The van der Waals surface area contributed by atoms with E-state index >= 15 is 0 Å². The summed E-state index contributed by atoms with van der Waals surface area (Å²) in [5.74, 6) is 0.325. The molecule has 6 nitrogen and oxygen atoms in total. The van der Waals surface area contributed by atoms with Gasteiger partial charge in [0.05, 0.1) is 5.56 Å². The maximum Gasteiger partial charge on any atom is 0.274 e. The second kappa shape index (κ2) is 9.54. The second-order valence-corrected chi connectivity index (χ2v) is 7.92. The van der Waals surface area contributed by atoms with Crippen LogP contribution in [-0.2, 0) is 18.3 Å². The summed E-state index contributed by atoms with van der Waals surface area (Å²) >= 11 is 0. The monoisotopic (exact) mass is 395 g/mol. The summed E-state index contributed by atoms with van der Waals surface area (Å²) < 4.78 is 1.36. The molecule has 2 heterocycles. The zero-order chi connectivity index (χ0) is 20.8. The van der Waals surface area contributed by atoms with Crippen LogP contribution in [0.25, 0.3) is 0 Å². The van der Waals surface area contributed by atoms with Crippen molar-refractivity contribution >= 4 is 17.5 Å². The predicted molar refractivity (Wildman–Crippen MR) is 114 cm³/mol. The van der Waals surface area contributed by atoms with E-state index in [-0.39, 0.29) is 23.1 Å². The molecule has 0 bridgehead atoms. The SMILES string of the molecule is CC1CCN(C(=O)c2cc(NC(=O)CCCc3ccccc3)c(=O)n(C)c2)CC1. The van der Waals surface area contributed by atoms with Crippen LogP contribution in [0.2, 0.25) is 0 Å². The molecule has 1 N–H and O–H groups in total. The molecular formula is C23H29N3O3. The Kier molecular flexibility index (Phi) is 6.86.